The molecule has 0 spiro atoms. The van der Waals surface area contributed by atoms with E-state index in [-0.39, 0.29) is 5.78 Å². The highest BCUT2D eigenvalue weighted by atomic mass is 32.1. The molecule has 0 radical (unpaired) electrons. The fourth-order valence-electron chi connectivity index (χ4n) is 3.22. The Labute approximate surface area is 185 Å². The van der Waals surface area contributed by atoms with Gasteiger partial charge in [0.25, 0.3) is 0 Å². The molecule has 3 aromatic rings. The van der Waals surface area contributed by atoms with E-state index in [2.05, 4.69) is 4.99 Å². The summed E-state index contributed by atoms with van der Waals surface area (Å²) in [5.41, 5.74) is 9.74. The molecular formula is C24H25N3O3S. The lowest BCUT2D eigenvalue weighted by atomic mass is 10.1. The van der Waals surface area contributed by atoms with Gasteiger partial charge in [-0.25, -0.2) is 4.79 Å². The molecule has 7 heteroatoms. The summed E-state index contributed by atoms with van der Waals surface area (Å²) in [6.45, 7) is 2.97. The minimum absolute atomic E-state index is 0.00569. The number of hydrogen-bond donors (Lipinski definition) is 2. The maximum Gasteiger partial charge on any atom is 0.346 e. The first-order valence-electron chi connectivity index (χ1n) is 9.96. The van der Waals surface area contributed by atoms with Crippen molar-refractivity contribution in [1.82, 2.24) is 4.57 Å². The van der Waals surface area contributed by atoms with Crippen molar-refractivity contribution in [2.45, 2.75) is 32.9 Å². The van der Waals surface area contributed by atoms with Gasteiger partial charge in [0.05, 0.1) is 12.2 Å². The van der Waals surface area contributed by atoms with Gasteiger partial charge in [-0.3, -0.25) is 9.79 Å². The van der Waals surface area contributed by atoms with E-state index < -0.39 is 5.97 Å². The Bertz CT molecular complexity index is 1110. The minimum Gasteiger partial charge on any atom is -0.477 e. The van der Waals surface area contributed by atoms with Gasteiger partial charge in [-0.05, 0) is 60.7 Å². The van der Waals surface area contributed by atoms with Crippen LogP contribution in [0.1, 0.15) is 49.7 Å². The van der Waals surface area contributed by atoms with E-state index in [9.17, 15) is 9.59 Å². The number of aromatic carboxylic acids is 1. The van der Waals surface area contributed by atoms with Gasteiger partial charge >= 0.3 is 5.97 Å². The average molecular weight is 436 g/mol. The molecule has 6 nitrogen and oxygen atoms in total. The maximum atomic E-state index is 12.8. The number of aliphatic imine (C=N–C) groups is 1. The number of aromatic nitrogens is 1. The molecule has 0 saturated heterocycles. The molecule has 0 aliphatic rings. The summed E-state index contributed by atoms with van der Waals surface area (Å²) in [5.74, 6) is -0.927. The highest BCUT2D eigenvalue weighted by molar-refractivity contribution is 7.12. The van der Waals surface area contributed by atoms with Crippen LogP contribution < -0.4 is 5.73 Å². The van der Waals surface area contributed by atoms with E-state index in [4.69, 9.17) is 10.8 Å². The van der Waals surface area contributed by atoms with E-state index in [1.54, 1.807) is 17.7 Å². The van der Waals surface area contributed by atoms with Crippen molar-refractivity contribution >= 4 is 29.3 Å². The van der Waals surface area contributed by atoms with Crippen molar-refractivity contribution in [1.29, 1.82) is 0 Å². The third kappa shape index (κ3) is 5.79. The van der Waals surface area contributed by atoms with Crippen LogP contribution in [0, 0.1) is 6.92 Å². The van der Waals surface area contributed by atoms with Crippen LogP contribution in [0.15, 0.2) is 70.8 Å². The fourth-order valence-corrected chi connectivity index (χ4v) is 3.97. The molecule has 2 aromatic heterocycles. The van der Waals surface area contributed by atoms with Crippen molar-refractivity contribution in [3.8, 4) is 0 Å². The molecule has 3 rings (SSSR count). The first kappa shape index (κ1) is 22.2. The van der Waals surface area contributed by atoms with Gasteiger partial charge in [0.2, 0.25) is 5.78 Å². The lowest BCUT2D eigenvalue weighted by Crippen LogP contribution is -2.10. The van der Waals surface area contributed by atoms with E-state index in [1.807, 2.05) is 54.1 Å². The number of benzene rings is 1. The topological polar surface area (TPSA) is 97.7 Å². The molecule has 0 saturated carbocycles. The van der Waals surface area contributed by atoms with Crippen molar-refractivity contribution in [3.05, 3.63) is 93.1 Å². The van der Waals surface area contributed by atoms with Crippen LogP contribution in [-0.2, 0) is 13.1 Å². The summed E-state index contributed by atoms with van der Waals surface area (Å²) >= 11 is 1.19. The van der Waals surface area contributed by atoms with Crippen LogP contribution in [0.2, 0.25) is 0 Å². The van der Waals surface area contributed by atoms with Gasteiger partial charge in [0.1, 0.15) is 4.88 Å². The number of aryl methyl sites for hydroxylation is 2. The van der Waals surface area contributed by atoms with Crippen LogP contribution in [0.3, 0.4) is 0 Å². The lowest BCUT2D eigenvalue weighted by molar-refractivity contribution is 0.0701. The number of nitrogens with zero attached hydrogens (tertiary/aromatic N) is 2. The predicted molar refractivity (Wildman–Crippen MR) is 124 cm³/mol. The highest BCUT2D eigenvalue weighted by Crippen LogP contribution is 2.18. The number of carboxylic acids is 1. The molecule has 2 heterocycles. The van der Waals surface area contributed by atoms with Crippen molar-refractivity contribution < 1.29 is 14.7 Å². The average Bonchev–Trinajstić information content (AvgIpc) is 3.42. The quantitative estimate of drug-likeness (QED) is 0.357. The fraction of sp³-hybridized carbons (Fsp3) is 0.208. The third-order valence-electron chi connectivity index (χ3n) is 4.91. The van der Waals surface area contributed by atoms with Crippen LogP contribution in [-0.4, -0.2) is 27.6 Å². The normalized spacial score (nSPS) is 11.8. The number of carbonyl (C=O) groups is 2. The van der Waals surface area contributed by atoms with Gasteiger partial charge in [0.15, 0.2) is 0 Å². The van der Waals surface area contributed by atoms with Gasteiger partial charge in [-0.2, -0.15) is 0 Å². The molecule has 0 unspecified atom stereocenters. The molecule has 1 aromatic carbocycles. The van der Waals surface area contributed by atoms with E-state index in [1.165, 1.54) is 17.5 Å². The summed E-state index contributed by atoms with van der Waals surface area (Å²) in [6.07, 6.45) is 6.61. The molecule has 3 N–H and O–H groups in total. The summed E-state index contributed by atoms with van der Waals surface area (Å²) in [4.78, 5) is 28.6. The lowest BCUT2D eigenvalue weighted by Gasteiger charge is -2.09. The smallest absolute Gasteiger partial charge is 0.346 e. The Kier molecular flexibility index (Phi) is 7.56. The Morgan fingerprint density at radius 1 is 1.19 bits per heavy atom. The third-order valence-corrected chi connectivity index (χ3v) is 5.86. The van der Waals surface area contributed by atoms with Crippen LogP contribution in [0.25, 0.3) is 0 Å². The zero-order valence-corrected chi connectivity index (χ0v) is 18.1. The first-order valence-corrected chi connectivity index (χ1v) is 10.8. The first-order chi connectivity index (χ1) is 15.0. The molecule has 0 bridgehead atoms. The summed E-state index contributed by atoms with van der Waals surface area (Å²) in [5, 5.41) is 10.9. The second-order valence-electron chi connectivity index (χ2n) is 7.18. The number of nitrogens with two attached hydrogens (primary N) is 1. The molecule has 31 heavy (non-hydrogen) atoms. The highest BCUT2D eigenvalue weighted by Gasteiger charge is 2.13. The van der Waals surface area contributed by atoms with E-state index in [0.717, 1.165) is 17.6 Å². The standard InChI is InChI=1S/C24H25N3O3S/c1-17-6-8-19(9-7-17)22(28)21-5-3-12-27(21)11-2-4-18(14-25)15-26-16-20-10-13-31-23(20)24(29)30/h3,5-10,12-15H,2,4,11,16,25H2,1H3,(H,29,30). The van der Waals surface area contributed by atoms with Gasteiger partial charge in [-0.1, -0.05) is 29.8 Å². The summed E-state index contributed by atoms with van der Waals surface area (Å²) < 4.78 is 1.96. The number of allylic oxidation sites excluding steroid dienone is 1. The molecule has 0 amide bonds. The van der Waals surface area contributed by atoms with Crippen molar-refractivity contribution in [2.24, 2.45) is 10.7 Å². The monoisotopic (exact) mass is 435 g/mol. The molecule has 0 aliphatic heterocycles. The number of carboxylic acid groups (broad SMARTS) is 1. The van der Waals surface area contributed by atoms with Crippen LogP contribution in [0.4, 0.5) is 0 Å². The molecule has 160 valence electrons. The van der Waals surface area contributed by atoms with Gasteiger partial charge < -0.3 is 15.4 Å². The Morgan fingerprint density at radius 2 is 1.97 bits per heavy atom. The minimum atomic E-state index is -0.933. The van der Waals surface area contributed by atoms with Crippen molar-refractivity contribution in [2.75, 3.05) is 0 Å². The Balaban J connectivity index is 1.55. The predicted octanol–water partition coefficient (Wildman–Crippen LogP) is 4.68. The van der Waals surface area contributed by atoms with E-state index >= 15 is 0 Å². The second-order valence-corrected chi connectivity index (χ2v) is 8.09. The molecule has 0 atom stereocenters. The molecule has 0 fully saturated rings. The Morgan fingerprint density at radius 3 is 2.68 bits per heavy atom. The maximum absolute atomic E-state index is 12.8. The van der Waals surface area contributed by atoms with Gasteiger partial charge in [-0.15, -0.1) is 11.3 Å². The number of rotatable bonds is 10. The SMILES string of the molecule is Cc1ccc(C(=O)c2cccn2CCCC(C=NCc2ccsc2C(=O)O)=CN)cc1. The van der Waals surface area contributed by atoms with Crippen LogP contribution in [0.5, 0.6) is 0 Å². The van der Waals surface area contributed by atoms with Crippen LogP contribution >= 0.6 is 11.3 Å². The molecule has 0 aliphatic carbocycles. The second kappa shape index (κ2) is 10.5. The number of hydrogen-bond acceptors (Lipinski definition) is 5. The zero-order chi connectivity index (χ0) is 22.2. The Hall–Kier alpha value is -3.45. The summed E-state index contributed by atoms with van der Waals surface area (Å²) in [7, 11) is 0. The summed E-state index contributed by atoms with van der Waals surface area (Å²) in [6, 6.07) is 13.1. The van der Waals surface area contributed by atoms with E-state index in [0.29, 0.717) is 41.2 Å². The molecular weight excluding hydrogens is 410 g/mol. The number of thiophene rings is 1. The van der Waals surface area contributed by atoms with Gasteiger partial charge in [0, 0.05) is 24.5 Å². The largest absolute Gasteiger partial charge is 0.477 e. The number of carbonyl (C=O) groups excluding carboxylic acids is 1. The van der Waals surface area contributed by atoms with Crippen molar-refractivity contribution in [3.63, 3.8) is 0 Å². The zero-order valence-electron chi connectivity index (χ0n) is 17.3. The number of ketones is 1.